The van der Waals surface area contributed by atoms with Gasteiger partial charge in [-0.25, -0.2) is 13.6 Å². The maximum Gasteiger partial charge on any atom is 0.261 e. The molecule has 2 aromatic carbocycles. The third-order valence-corrected chi connectivity index (χ3v) is 5.94. The summed E-state index contributed by atoms with van der Waals surface area (Å²) in [6, 6.07) is 9.65. The van der Waals surface area contributed by atoms with Crippen LogP contribution >= 0.6 is 0 Å². The van der Waals surface area contributed by atoms with Gasteiger partial charge >= 0.3 is 0 Å². The van der Waals surface area contributed by atoms with E-state index in [1.165, 1.54) is 6.07 Å². The molecule has 0 saturated carbocycles. The third kappa shape index (κ3) is 4.42. The Kier molecular flexibility index (Phi) is 6.04. The summed E-state index contributed by atoms with van der Waals surface area (Å²) >= 11 is 0. The van der Waals surface area contributed by atoms with E-state index < -0.39 is 10.0 Å². The minimum absolute atomic E-state index is 0.0240. The highest BCUT2D eigenvalue weighted by molar-refractivity contribution is 7.89. The van der Waals surface area contributed by atoms with Crippen LogP contribution in [0.5, 0.6) is 0 Å². The third-order valence-electron chi connectivity index (χ3n) is 4.95. The lowest BCUT2D eigenvalue weighted by molar-refractivity contribution is -0.116. The number of nitrogens with one attached hydrogen (secondary N) is 1. The van der Waals surface area contributed by atoms with Crippen molar-refractivity contribution in [3.05, 3.63) is 58.7 Å². The molecular weight excluding hydrogens is 406 g/mol. The van der Waals surface area contributed by atoms with Crippen molar-refractivity contribution in [2.75, 3.05) is 11.9 Å². The first-order chi connectivity index (χ1) is 14.1. The molecule has 0 aromatic heterocycles. The van der Waals surface area contributed by atoms with Gasteiger partial charge in [0.15, 0.2) is 0 Å². The Morgan fingerprint density at radius 1 is 1.07 bits per heavy atom. The zero-order chi connectivity index (χ0) is 22.1. The van der Waals surface area contributed by atoms with Crippen molar-refractivity contribution in [3.8, 4) is 0 Å². The van der Waals surface area contributed by atoms with E-state index in [-0.39, 0.29) is 42.0 Å². The number of hydrogen-bond acceptors (Lipinski definition) is 5. The second-order valence-electron chi connectivity index (χ2n) is 7.18. The van der Waals surface area contributed by atoms with Gasteiger partial charge in [-0.1, -0.05) is 24.6 Å². The molecule has 0 saturated heterocycles. The molecule has 1 aliphatic rings. The molecule has 1 heterocycles. The zero-order valence-electron chi connectivity index (χ0n) is 16.8. The standard InChI is InChI=1S/C21H23N3O5S/c1-3-14-7-8-15(12-18(14)30(22,28)29)23-19(25)5-4-10-24-20(26)16-9-6-13(2)11-17(16)21(24)27/h6-9,11-12H,3-5,10H2,1-2H3,(H,23,25)(H2,22,28,29). The van der Waals surface area contributed by atoms with E-state index in [9.17, 15) is 22.8 Å². The topological polar surface area (TPSA) is 127 Å². The Labute approximate surface area is 175 Å². The molecule has 3 amide bonds. The number of anilines is 1. The second-order valence-corrected chi connectivity index (χ2v) is 8.71. The Hall–Kier alpha value is -3.04. The van der Waals surface area contributed by atoms with E-state index in [0.29, 0.717) is 28.8 Å². The van der Waals surface area contributed by atoms with Crippen LogP contribution in [0.3, 0.4) is 0 Å². The Morgan fingerprint density at radius 3 is 2.43 bits per heavy atom. The number of imide groups is 1. The number of fused-ring (bicyclic) bond motifs is 1. The van der Waals surface area contributed by atoms with Crippen LogP contribution in [0, 0.1) is 6.92 Å². The molecular formula is C21H23N3O5S. The van der Waals surface area contributed by atoms with Crippen LogP contribution in [0.1, 0.15) is 51.6 Å². The average molecular weight is 429 g/mol. The largest absolute Gasteiger partial charge is 0.326 e. The van der Waals surface area contributed by atoms with Crippen LogP contribution in [0.25, 0.3) is 0 Å². The number of primary sulfonamides is 1. The number of aryl methyl sites for hydroxylation is 2. The van der Waals surface area contributed by atoms with Gasteiger partial charge in [-0.15, -0.1) is 0 Å². The predicted molar refractivity (Wildman–Crippen MR) is 112 cm³/mol. The van der Waals surface area contributed by atoms with Crippen LogP contribution in [-0.4, -0.2) is 37.6 Å². The predicted octanol–water partition coefficient (Wildman–Crippen LogP) is 2.22. The maximum absolute atomic E-state index is 12.5. The summed E-state index contributed by atoms with van der Waals surface area (Å²) in [5.41, 5.74) is 2.54. The van der Waals surface area contributed by atoms with E-state index in [0.717, 1.165) is 10.5 Å². The van der Waals surface area contributed by atoms with Crippen LogP contribution in [-0.2, 0) is 21.2 Å². The molecule has 1 aliphatic heterocycles. The van der Waals surface area contributed by atoms with E-state index in [4.69, 9.17) is 5.14 Å². The van der Waals surface area contributed by atoms with Crippen LogP contribution in [0.2, 0.25) is 0 Å². The van der Waals surface area contributed by atoms with Crippen molar-refractivity contribution < 1.29 is 22.8 Å². The van der Waals surface area contributed by atoms with E-state index in [1.807, 2.05) is 13.8 Å². The van der Waals surface area contributed by atoms with Gasteiger partial charge < -0.3 is 5.32 Å². The normalized spacial score (nSPS) is 13.5. The Morgan fingerprint density at radius 2 is 1.77 bits per heavy atom. The van der Waals surface area contributed by atoms with Crippen molar-refractivity contribution in [2.45, 2.75) is 38.0 Å². The van der Waals surface area contributed by atoms with E-state index >= 15 is 0 Å². The number of benzene rings is 2. The van der Waals surface area contributed by atoms with Crippen molar-refractivity contribution >= 4 is 33.4 Å². The van der Waals surface area contributed by atoms with E-state index in [1.54, 1.807) is 30.3 Å². The van der Waals surface area contributed by atoms with Gasteiger partial charge in [-0.05, 0) is 49.6 Å². The van der Waals surface area contributed by atoms with Crippen molar-refractivity contribution in [3.63, 3.8) is 0 Å². The van der Waals surface area contributed by atoms with Crippen LogP contribution < -0.4 is 10.5 Å². The number of carbonyl (C=O) groups excluding carboxylic acids is 3. The molecule has 158 valence electrons. The number of rotatable bonds is 7. The van der Waals surface area contributed by atoms with Gasteiger partial charge in [0.2, 0.25) is 15.9 Å². The van der Waals surface area contributed by atoms with Gasteiger partial charge in [-0.2, -0.15) is 0 Å². The minimum Gasteiger partial charge on any atom is -0.326 e. The summed E-state index contributed by atoms with van der Waals surface area (Å²) in [7, 11) is -3.91. The molecule has 0 unspecified atom stereocenters. The number of hydrogen-bond donors (Lipinski definition) is 2. The smallest absolute Gasteiger partial charge is 0.261 e. The number of amides is 3. The second kappa shape index (κ2) is 8.37. The number of sulfonamides is 1. The highest BCUT2D eigenvalue weighted by Gasteiger charge is 2.34. The van der Waals surface area contributed by atoms with Gasteiger partial charge in [0, 0.05) is 18.7 Å². The fourth-order valence-electron chi connectivity index (χ4n) is 3.42. The first-order valence-electron chi connectivity index (χ1n) is 9.54. The molecule has 0 bridgehead atoms. The molecule has 0 radical (unpaired) electrons. The van der Waals surface area contributed by atoms with Crippen molar-refractivity contribution in [1.82, 2.24) is 4.90 Å². The molecule has 3 N–H and O–H groups in total. The highest BCUT2D eigenvalue weighted by Crippen LogP contribution is 2.24. The molecule has 0 aliphatic carbocycles. The fourth-order valence-corrected chi connectivity index (χ4v) is 4.29. The summed E-state index contributed by atoms with van der Waals surface area (Å²) < 4.78 is 23.5. The summed E-state index contributed by atoms with van der Waals surface area (Å²) in [5.74, 6) is -1.07. The van der Waals surface area contributed by atoms with Crippen molar-refractivity contribution in [2.24, 2.45) is 5.14 Å². The number of nitrogens with zero attached hydrogens (tertiary/aromatic N) is 1. The SMILES string of the molecule is CCc1ccc(NC(=O)CCCN2C(=O)c3ccc(C)cc3C2=O)cc1S(N)(=O)=O. The summed E-state index contributed by atoms with van der Waals surface area (Å²) in [6.45, 7) is 3.78. The van der Waals surface area contributed by atoms with E-state index in [2.05, 4.69) is 5.32 Å². The first kappa shape index (κ1) is 21.7. The Balaban J connectivity index is 1.60. The molecule has 30 heavy (non-hydrogen) atoms. The number of carbonyl (C=O) groups is 3. The molecule has 9 heteroatoms. The molecule has 3 rings (SSSR count). The maximum atomic E-state index is 12.5. The molecule has 0 atom stereocenters. The summed E-state index contributed by atoms with van der Waals surface area (Å²) in [5, 5.41) is 7.88. The molecule has 0 spiro atoms. The fraction of sp³-hybridized carbons (Fsp3) is 0.286. The first-order valence-corrected chi connectivity index (χ1v) is 11.1. The van der Waals surface area contributed by atoms with Crippen LogP contribution in [0.4, 0.5) is 5.69 Å². The highest BCUT2D eigenvalue weighted by atomic mass is 32.2. The van der Waals surface area contributed by atoms with Crippen molar-refractivity contribution in [1.29, 1.82) is 0 Å². The van der Waals surface area contributed by atoms with Gasteiger partial charge in [-0.3, -0.25) is 19.3 Å². The minimum atomic E-state index is -3.91. The quantitative estimate of drug-likeness (QED) is 0.653. The zero-order valence-corrected chi connectivity index (χ0v) is 17.6. The average Bonchev–Trinajstić information content (AvgIpc) is 2.91. The van der Waals surface area contributed by atoms with Gasteiger partial charge in [0.1, 0.15) is 0 Å². The van der Waals surface area contributed by atoms with Gasteiger partial charge in [0.25, 0.3) is 11.8 Å². The monoisotopic (exact) mass is 429 g/mol. The molecule has 8 nitrogen and oxygen atoms in total. The summed E-state index contributed by atoms with van der Waals surface area (Å²) in [6.07, 6.45) is 0.831. The lowest BCUT2D eigenvalue weighted by Crippen LogP contribution is -2.31. The van der Waals surface area contributed by atoms with Gasteiger partial charge in [0.05, 0.1) is 16.0 Å². The molecule has 2 aromatic rings. The number of nitrogens with two attached hydrogens (primary N) is 1. The lowest BCUT2D eigenvalue weighted by atomic mass is 10.1. The lowest BCUT2D eigenvalue weighted by Gasteiger charge is -2.14. The summed E-state index contributed by atoms with van der Waals surface area (Å²) in [4.78, 5) is 38.2. The Bertz CT molecular complexity index is 1140. The molecule has 0 fully saturated rings. The van der Waals surface area contributed by atoms with Crippen LogP contribution in [0.15, 0.2) is 41.3 Å².